The largest absolute Gasteiger partial charge is 0.271 e. The van der Waals surface area contributed by atoms with Crippen LogP contribution in [-0.2, 0) is 0 Å². The van der Waals surface area contributed by atoms with Gasteiger partial charge in [0.2, 0.25) is 0 Å². The summed E-state index contributed by atoms with van der Waals surface area (Å²) in [4.78, 5) is 10.0. The van der Waals surface area contributed by atoms with Gasteiger partial charge in [-0.1, -0.05) is 0 Å². The van der Waals surface area contributed by atoms with Crippen LogP contribution in [0.3, 0.4) is 0 Å². The summed E-state index contributed by atoms with van der Waals surface area (Å²) in [5.74, 6) is 0. The van der Waals surface area contributed by atoms with E-state index in [2.05, 4.69) is 67.8 Å². The van der Waals surface area contributed by atoms with Crippen molar-refractivity contribution in [3.05, 3.63) is 33.0 Å². The SMILES string of the molecule is O=[N+]([O-])c1cc(I)c(I)c(I)c1. The van der Waals surface area contributed by atoms with E-state index < -0.39 is 0 Å². The van der Waals surface area contributed by atoms with Gasteiger partial charge in [0.25, 0.3) is 5.69 Å². The Kier molecular flexibility index (Phi) is 3.95. The molecule has 0 heterocycles. The minimum Gasteiger partial charge on any atom is -0.258 e. The summed E-state index contributed by atoms with van der Waals surface area (Å²) in [5, 5.41) is 10.4. The van der Waals surface area contributed by atoms with Gasteiger partial charge in [0, 0.05) is 22.8 Å². The first-order valence-corrected chi connectivity index (χ1v) is 6.05. The van der Waals surface area contributed by atoms with E-state index in [1.165, 1.54) is 0 Å². The molecule has 3 nitrogen and oxygen atoms in total. The van der Waals surface area contributed by atoms with Crippen molar-refractivity contribution in [3.8, 4) is 0 Å². The third-order valence-electron chi connectivity index (χ3n) is 1.18. The lowest BCUT2D eigenvalue weighted by Gasteiger charge is -1.98. The lowest BCUT2D eigenvalue weighted by atomic mass is 10.3. The lowest BCUT2D eigenvalue weighted by Crippen LogP contribution is -1.92. The van der Waals surface area contributed by atoms with Crippen molar-refractivity contribution in [2.45, 2.75) is 0 Å². The van der Waals surface area contributed by atoms with Crippen LogP contribution >= 0.6 is 67.8 Å². The molecule has 1 aromatic carbocycles. The second-order valence-corrected chi connectivity index (χ2v) is 5.38. The fraction of sp³-hybridized carbons (Fsp3) is 0. The first kappa shape index (κ1) is 10.9. The summed E-state index contributed by atoms with van der Waals surface area (Å²) in [6, 6.07) is 3.15. The predicted octanol–water partition coefficient (Wildman–Crippen LogP) is 3.41. The molecule has 64 valence electrons. The summed E-state index contributed by atoms with van der Waals surface area (Å²) >= 11 is 6.36. The highest BCUT2D eigenvalue weighted by atomic mass is 127. The average Bonchev–Trinajstić information content (AvgIpc) is 1.99. The molecule has 0 aliphatic rings. The highest BCUT2D eigenvalue weighted by molar-refractivity contribution is 14.1. The minimum absolute atomic E-state index is 0.157. The number of nitro groups is 1. The van der Waals surface area contributed by atoms with Crippen LogP contribution in [0.2, 0.25) is 0 Å². The van der Waals surface area contributed by atoms with E-state index in [1.54, 1.807) is 12.1 Å². The molecule has 0 unspecified atom stereocenters. The van der Waals surface area contributed by atoms with Crippen LogP contribution in [0.5, 0.6) is 0 Å². The van der Waals surface area contributed by atoms with Crippen LogP contribution in [0.15, 0.2) is 12.1 Å². The summed E-state index contributed by atoms with van der Waals surface area (Å²) in [5.41, 5.74) is 0.157. The van der Waals surface area contributed by atoms with Crippen molar-refractivity contribution in [2.24, 2.45) is 0 Å². The normalized spacial score (nSPS) is 9.92. The highest BCUT2D eigenvalue weighted by Crippen LogP contribution is 2.26. The minimum atomic E-state index is -0.375. The zero-order valence-electron chi connectivity index (χ0n) is 5.55. The second-order valence-electron chi connectivity index (χ2n) is 1.98. The molecule has 12 heavy (non-hydrogen) atoms. The molecule has 0 saturated carbocycles. The van der Waals surface area contributed by atoms with Gasteiger partial charge in [-0.2, -0.15) is 0 Å². The summed E-state index contributed by atoms with van der Waals surface area (Å²) < 4.78 is 2.91. The van der Waals surface area contributed by atoms with Crippen LogP contribution in [0, 0.1) is 20.8 Å². The fourth-order valence-corrected chi connectivity index (χ4v) is 2.69. The quantitative estimate of drug-likeness (QED) is 0.257. The topological polar surface area (TPSA) is 43.1 Å². The van der Waals surface area contributed by atoms with E-state index in [4.69, 9.17) is 0 Å². The standard InChI is InChI=1S/C6H2I3NO2/c7-4-1-3(10(11)12)2-5(8)6(4)9/h1-2H. The third kappa shape index (κ3) is 2.40. The number of nitro benzene ring substituents is 1. The monoisotopic (exact) mass is 501 g/mol. The maximum atomic E-state index is 10.4. The molecule has 0 spiro atoms. The van der Waals surface area contributed by atoms with E-state index >= 15 is 0 Å². The van der Waals surface area contributed by atoms with Crippen LogP contribution in [0.4, 0.5) is 5.69 Å². The Balaban J connectivity index is 3.31. The van der Waals surface area contributed by atoms with Crippen molar-refractivity contribution in [3.63, 3.8) is 0 Å². The second kappa shape index (κ2) is 4.35. The third-order valence-corrected chi connectivity index (χ3v) is 6.11. The number of non-ortho nitro benzene ring substituents is 1. The van der Waals surface area contributed by atoms with Gasteiger partial charge in [-0.05, 0) is 67.8 Å². The van der Waals surface area contributed by atoms with Crippen LogP contribution in [-0.4, -0.2) is 4.92 Å². The molecule has 0 fully saturated rings. The van der Waals surface area contributed by atoms with Gasteiger partial charge >= 0.3 is 0 Å². The van der Waals surface area contributed by atoms with Gasteiger partial charge in [0.15, 0.2) is 0 Å². The van der Waals surface area contributed by atoms with Crippen molar-refractivity contribution in [1.29, 1.82) is 0 Å². The summed E-state index contributed by atoms with van der Waals surface area (Å²) in [7, 11) is 0. The number of rotatable bonds is 1. The lowest BCUT2D eigenvalue weighted by molar-refractivity contribution is -0.385. The van der Waals surface area contributed by atoms with Crippen molar-refractivity contribution in [2.75, 3.05) is 0 Å². The first-order valence-electron chi connectivity index (χ1n) is 2.81. The first-order chi connectivity index (χ1) is 5.52. The van der Waals surface area contributed by atoms with E-state index in [0.29, 0.717) is 0 Å². The average molecular weight is 501 g/mol. The smallest absolute Gasteiger partial charge is 0.258 e. The van der Waals surface area contributed by atoms with E-state index in [9.17, 15) is 10.1 Å². The predicted molar refractivity (Wildman–Crippen MR) is 71.2 cm³/mol. The molecular weight excluding hydrogens is 499 g/mol. The zero-order chi connectivity index (χ0) is 9.30. The Morgan fingerprint density at radius 2 is 1.58 bits per heavy atom. The number of hydrogen-bond acceptors (Lipinski definition) is 2. The molecule has 0 N–H and O–H groups in total. The number of halogens is 3. The van der Waals surface area contributed by atoms with Gasteiger partial charge in [-0.25, -0.2) is 0 Å². The summed E-state index contributed by atoms with van der Waals surface area (Å²) in [6.45, 7) is 0. The molecule has 0 aliphatic heterocycles. The van der Waals surface area contributed by atoms with Crippen LogP contribution in [0.1, 0.15) is 0 Å². The van der Waals surface area contributed by atoms with E-state index in [-0.39, 0.29) is 10.6 Å². The van der Waals surface area contributed by atoms with Gasteiger partial charge < -0.3 is 0 Å². The number of benzene rings is 1. The van der Waals surface area contributed by atoms with Crippen LogP contribution < -0.4 is 0 Å². The molecule has 0 radical (unpaired) electrons. The Bertz CT molecular complexity index is 317. The maximum Gasteiger partial charge on any atom is 0.271 e. The molecule has 1 aromatic rings. The van der Waals surface area contributed by atoms with E-state index in [0.717, 1.165) is 10.7 Å². The maximum absolute atomic E-state index is 10.4. The van der Waals surface area contributed by atoms with Crippen molar-refractivity contribution >= 4 is 73.5 Å². The molecular formula is C6H2I3NO2. The molecule has 6 heteroatoms. The molecule has 0 aliphatic carbocycles. The highest BCUT2D eigenvalue weighted by Gasteiger charge is 2.11. The van der Waals surface area contributed by atoms with Gasteiger partial charge in [0.05, 0.1) is 4.92 Å². The van der Waals surface area contributed by atoms with Gasteiger partial charge in [0.1, 0.15) is 0 Å². The van der Waals surface area contributed by atoms with Crippen molar-refractivity contribution < 1.29 is 4.92 Å². The molecule has 0 bridgehead atoms. The number of nitrogens with zero attached hydrogens (tertiary/aromatic N) is 1. The number of hydrogen-bond donors (Lipinski definition) is 0. The fourth-order valence-electron chi connectivity index (χ4n) is 0.648. The van der Waals surface area contributed by atoms with Gasteiger partial charge in [-0.3, -0.25) is 10.1 Å². The van der Waals surface area contributed by atoms with Crippen LogP contribution in [0.25, 0.3) is 0 Å². The Morgan fingerprint density at radius 3 is 1.92 bits per heavy atom. The zero-order valence-corrected chi connectivity index (χ0v) is 12.0. The Labute approximate surface area is 110 Å². The molecule has 0 amide bonds. The Morgan fingerprint density at radius 1 is 1.17 bits per heavy atom. The molecule has 0 saturated heterocycles. The Hall–Kier alpha value is 0.810. The molecule has 0 atom stereocenters. The van der Waals surface area contributed by atoms with Gasteiger partial charge in [-0.15, -0.1) is 0 Å². The van der Waals surface area contributed by atoms with E-state index in [1.807, 2.05) is 0 Å². The molecule has 1 rings (SSSR count). The van der Waals surface area contributed by atoms with Crippen molar-refractivity contribution in [1.82, 2.24) is 0 Å². The molecule has 0 aromatic heterocycles. The summed E-state index contributed by atoms with van der Waals surface area (Å²) in [6.07, 6.45) is 0.